The fourth-order valence-electron chi connectivity index (χ4n) is 3.32. The highest BCUT2D eigenvalue weighted by molar-refractivity contribution is 6.22. The number of ether oxygens (including phenoxy) is 1. The quantitative estimate of drug-likeness (QED) is 0.731. The monoisotopic (exact) mass is 395 g/mol. The molecule has 0 radical (unpaired) electrons. The van der Waals surface area contributed by atoms with Crippen molar-refractivity contribution in [1.82, 2.24) is 10.2 Å². The van der Waals surface area contributed by atoms with Crippen molar-refractivity contribution >= 4 is 23.5 Å². The van der Waals surface area contributed by atoms with Crippen LogP contribution in [0.3, 0.4) is 0 Å². The van der Waals surface area contributed by atoms with Crippen molar-refractivity contribution in [2.45, 2.75) is 32.9 Å². The molecule has 0 aliphatic carbocycles. The number of nitrogens with one attached hydrogen (secondary N) is 1. The van der Waals surface area contributed by atoms with Gasteiger partial charge in [0, 0.05) is 13.1 Å². The van der Waals surface area contributed by atoms with E-state index in [9.17, 15) is 14.4 Å². The first-order valence-corrected chi connectivity index (χ1v) is 9.55. The lowest BCUT2D eigenvalue weighted by Crippen LogP contribution is -2.39. The number of nitrogens with zero attached hydrogens (tertiary/aromatic N) is 2. The predicted molar refractivity (Wildman–Crippen MR) is 110 cm³/mol. The molecule has 2 aromatic carbocycles. The number of rotatable bonds is 7. The number of imide groups is 1. The number of amides is 4. The molecule has 0 spiro atoms. The van der Waals surface area contributed by atoms with Crippen LogP contribution in [0.5, 0.6) is 5.75 Å². The molecule has 29 heavy (non-hydrogen) atoms. The molecule has 1 atom stereocenters. The molecule has 7 heteroatoms. The summed E-state index contributed by atoms with van der Waals surface area (Å²) in [6, 6.07) is 13.2. The van der Waals surface area contributed by atoms with Gasteiger partial charge < -0.3 is 15.0 Å². The summed E-state index contributed by atoms with van der Waals surface area (Å²) in [6.07, 6.45) is -0.0725. The number of urea groups is 1. The van der Waals surface area contributed by atoms with Gasteiger partial charge in [-0.25, -0.2) is 9.69 Å². The fraction of sp³-hybridized carbons (Fsp3) is 0.318. The molecule has 152 valence electrons. The lowest BCUT2D eigenvalue weighted by atomic mass is 10.1. The number of anilines is 1. The van der Waals surface area contributed by atoms with Crippen LogP contribution < -0.4 is 15.0 Å². The van der Waals surface area contributed by atoms with Gasteiger partial charge in [-0.1, -0.05) is 29.8 Å². The summed E-state index contributed by atoms with van der Waals surface area (Å²) in [5, 5.41) is 2.71. The lowest BCUT2D eigenvalue weighted by molar-refractivity contribution is -0.127. The Bertz CT molecular complexity index is 893. The maximum absolute atomic E-state index is 13.2. The average Bonchev–Trinajstić information content (AvgIpc) is 2.93. The van der Waals surface area contributed by atoms with Crippen LogP contribution in [-0.2, 0) is 16.1 Å². The minimum absolute atomic E-state index is 0.0725. The molecule has 0 aromatic heterocycles. The van der Waals surface area contributed by atoms with Crippen LogP contribution in [0.15, 0.2) is 48.5 Å². The maximum atomic E-state index is 13.2. The molecule has 1 unspecified atom stereocenters. The third-order valence-corrected chi connectivity index (χ3v) is 4.88. The van der Waals surface area contributed by atoms with E-state index in [1.54, 1.807) is 31.4 Å². The third kappa shape index (κ3) is 4.39. The Kier molecular flexibility index (Phi) is 6.16. The Balaban J connectivity index is 1.90. The van der Waals surface area contributed by atoms with Crippen LogP contribution in [0, 0.1) is 6.92 Å². The van der Waals surface area contributed by atoms with Crippen molar-refractivity contribution in [2.24, 2.45) is 0 Å². The molecule has 1 heterocycles. The minimum atomic E-state index is -0.850. The topological polar surface area (TPSA) is 79.0 Å². The molecule has 0 bridgehead atoms. The van der Waals surface area contributed by atoms with Crippen molar-refractivity contribution in [2.75, 3.05) is 18.6 Å². The summed E-state index contributed by atoms with van der Waals surface area (Å²) < 4.78 is 5.17. The Morgan fingerprint density at radius 3 is 2.31 bits per heavy atom. The SMILES string of the molecule is CCNC(=O)CC1C(=O)N(c2ccc(C)cc2)C(=O)N1Cc1ccc(OC)cc1. The predicted octanol–water partition coefficient (Wildman–Crippen LogP) is 2.87. The fourth-order valence-corrected chi connectivity index (χ4v) is 3.32. The van der Waals surface area contributed by atoms with E-state index in [1.807, 2.05) is 38.1 Å². The Hall–Kier alpha value is -3.35. The Morgan fingerprint density at radius 2 is 1.72 bits per heavy atom. The molecule has 3 rings (SSSR count). The molecular formula is C22H25N3O4. The second-order valence-corrected chi connectivity index (χ2v) is 6.94. The summed E-state index contributed by atoms with van der Waals surface area (Å²) in [6.45, 7) is 4.44. The summed E-state index contributed by atoms with van der Waals surface area (Å²) >= 11 is 0. The number of benzene rings is 2. The average molecular weight is 395 g/mol. The van der Waals surface area contributed by atoms with Crippen molar-refractivity contribution in [1.29, 1.82) is 0 Å². The molecule has 4 amide bonds. The van der Waals surface area contributed by atoms with Gasteiger partial charge in [0.25, 0.3) is 5.91 Å². The van der Waals surface area contributed by atoms with E-state index in [0.29, 0.717) is 18.0 Å². The van der Waals surface area contributed by atoms with E-state index in [1.165, 1.54) is 4.90 Å². The standard InChI is InChI=1S/C22H25N3O4/c1-4-23-20(26)13-19-21(27)25(17-9-5-15(2)6-10-17)22(28)24(19)14-16-7-11-18(29-3)12-8-16/h5-12,19H,4,13-14H2,1-3H3,(H,23,26). The highest BCUT2D eigenvalue weighted by Crippen LogP contribution is 2.29. The zero-order valence-electron chi connectivity index (χ0n) is 16.8. The van der Waals surface area contributed by atoms with Gasteiger partial charge in [-0.2, -0.15) is 0 Å². The lowest BCUT2D eigenvalue weighted by Gasteiger charge is -2.21. The first kappa shape index (κ1) is 20.4. The van der Waals surface area contributed by atoms with E-state index < -0.39 is 18.0 Å². The highest BCUT2D eigenvalue weighted by atomic mass is 16.5. The first-order chi connectivity index (χ1) is 13.9. The molecule has 7 nitrogen and oxygen atoms in total. The van der Waals surface area contributed by atoms with Crippen molar-refractivity contribution < 1.29 is 19.1 Å². The second-order valence-electron chi connectivity index (χ2n) is 6.94. The van der Waals surface area contributed by atoms with E-state index >= 15 is 0 Å². The molecular weight excluding hydrogens is 370 g/mol. The van der Waals surface area contributed by atoms with Crippen LogP contribution in [-0.4, -0.2) is 42.4 Å². The van der Waals surface area contributed by atoms with Crippen LogP contribution in [0.4, 0.5) is 10.5 Å². The van der Waals surface area contributed by atoms with Crippen LogP contribution in [0.2, 0.25) is 0 Å². The summed E-state index contributed by atoms with van der Waals surface area (Å²) in [4.78, 5) is 41.1. The van der Waals surface area contributed by atoms with Gasteiger partial charge >= 0.3 is 6.03 Å². The van der Waals surface area contributed by atoms with Crippen molar-refractivity contribution in [3.8, 4) is 5.75 Å². The van der Waals surface area contributed by atoms with Crippen LogP contribution >= 0.6 is 0 Å². The number of carbonyl (C=O) groups is 3. The molecule has 0 saturated carbocycles. The number of methoxy groups -OCH3 is 1. The minimum Gasteiger partial charge on any atom is -0.497 e. The molecule has 2 aromatic rings. The molecule has 1 aliphatic rings. The summed E-state index contributed by atoms with van der Waals surface area (Å²) in [5.41, 5.74) is 2.38. The van der Waals surface area contributed by atoms with Crippen molar-refractivity contribution in [3.05, 3.63) is 59.7 Å². The van der Waals surface area contributed by atoms with Gasteiger partial charge in [-0.15, -0.1) is 0 Å². The zero-order chi connectivity index (χ0) is 21.0. The van der Waals surface area contributed by atoms with E-state index in [-0.39, 0.29) is 18.9 Å². The number of aryl methyl sites for hydroxylation is 1. The number of hydrogen-bond acceptors (Lipinski definition) is 4. The summed E-state index contributed by atoms with van der Waals surface area (Å²) in [5.74, 6) is 0.0560. The Morgan fingerprint density at radius 1 is 1.07 bits per heavy atom. The molecule has 1 saturated heterocycles. The first-order valence-electron chi connectivity index (χ1n) is 9.55. The van der Waals surface area contributed by atoms with Gasteiger partial charge in [-0.3, -0.25) is 9.59 Å². The van der Waals surface area contributed by atoms with E-state index in [0.717, 1.165) is 16.0 Å². The highest BCUT2D eigenvalue weighted by Gasteiger charge is 2.46. The molecule has 1 N–H and O–H groups in total. The Labute approximate surface area is 170 Å². The van der Waals surface area contributed by atoms with Gasteiger partial charge in [-0.05, 0) is 43.7 Å². The van der Waals surface area contributed by atoms with Gasteiger partial charge in [0.1, 0.15) is 11.8 Å². The third-order valence-electron chi connectivity index (χ3n) is 4.88. The number of hydrogen-bond donors (Lipinski definition) is 1. The second kappa shape index (κ2) is 8.77. The van der Waals surface area contributed by atoms with E-state index in [4.69, 9.17) is 4.74 Å². The molecule has 1 aliphatic heterocycles. The normalized spacial score (nSPS) is 16.3. The maximum Gasteiger partial charge on any atom is 0.332 e. The van der Waals surface area contributed by atoms with E-state index in [2.05, 4.69) is 5.32 Å². The number of carbonyl (C=O) groups excluding carboxylic acids is 3. The van der Waals surface area contributed by atoms with Crippen molar-refractivity contribution in [3.63, 3.8) is 0 Å². The van der Waals surface area contributed by atoms with Crippen LogP contribution in [0.25, 0.3) is 0 Å². The van der Waals surface area contributed by atoms with Gasteiger partial charge in [0.2, 0.25) is 5.91 Å². The zero-order valence-corrected chi connectivity index (χ0v) is 16.8. The van der Waals surface area contributed by atoms with Crippen LogP contribution in [0.1, 0.15) is 24.5 Å². The smallest absolute Gasteiger partial charge is 0.332 e. The summed E-state index contributed by atoms with van der Waals surface area (Å²) in [7, 11) is 1.58. The largest absolute Gasteiger partial charge is 0.497 e. The molecule has 1 fully saturated rings. The van der Waals surface area contributed by atoms with Gasteiger partial charge in [0.15, 0.2) is 0 Å². The van der Waals surface area contributed by atoms with Gasteiger partial charge in [0.05, 0.1) is 19.2 Å².